The maximum Gasteiger partial charge on any atom is 0.274 e. The molecule has 0 aliphatic heterocycles. The van der Waals surface area contributed by atoms with Gasteiger partial charge in [0.1, 0.15) is 5.69 Å². The molecule has 1 aromatic rings. The van der Waals surface area contributed by atoms with Crippen molar-refractivity contribution < 1.29 is 0 Å². The van der Waals surface area contributed by atoms with E-state index < -0.39 is 0 Å². The molecule has 0 atom stereocenters. The predicted molar refractivity (Wildman–Crippen MR) is 45.7 cm³/mol. The molecular formula is C6H9N3OS. The van der Waals surface area contributed by atoms with Crippen LogP contribution in [0.25, 0.3) is 0 Å². The van der Waals surface area contributed by atoms with Gasteiger partial charge in [0.05, 0.1) is 6.20 Å². The molecule has 0 bridgehead atoms. The van der Waals surface area contributed by atoms with E-state index in [9.17, 15) is 4.79 Å². The molecule has 0 spiro atoms. The van der Waals surface area contributed by atoms with E-state index in [1.807, 2.05) is 6.92 Å². The Morgan fingerprint density at radius 1 is 1.82 bits per heavy atom. The van der Waals surface area contributed by atoms with Gasteiger partial charge in [0.25, 0.3) is 5.56 Å². The quantitative estimate of drug-likeness (QED) is 0.501. The van der Waals surface area contributed by atoms with Crippen molar-refractivity contribution in [3.8, 4) is 0 Å². The van der Waals surface area contributed by atoms with Crippen LogP contribution in [0.3, 0.4) is 0 Å². The second-order valence-corrected chi connectivity index (χ2v) is 3.16. The van der Waals surface area contributed by atoms with Gasteiger partial charge in [-0.25, -0.2) is 4.98 Å². The van der Waals surface area contributed by atoms with Gasteiger partial charge in [-0.3, -0.25) is 9.78 Å². The van der Waals surface area contributed by atoms with E-state index in [-0.39, 0.29) is 11.2 Å². The zero-order valence-corrected chi connectivity index (χ0v) is 6.94. The smallest absolute Gasteiger partial charge is 0.274 e. The van der Waals surface area contributed by atoms with Crippen LogP contribution in [0.2, 0.25) is 0 Å². The number of H-pyrrole nitrogens is 1. The van der Waals surface area contributed by atoms with E-state index in [1.165, 1.54) is 18.0 Å². The average molecular weight is 171 g/mol. The van der Waals surface area contributed by atoms with E-state index in [2.05, 4.69) is 9.97 Å². The van der Waals surface area contributed by atoms with E-state index in [1.54, 1.807) is 0 Å². The number of rotatable bonds is 2. The van der Waals surface area contributed by atoms with Gasteiger partial charge in [0, 0.05) is 0 Å². The molecule has 0 amide bonds. The van der Waals surface area contributed by atoms with Gasteiger partial charge in [-0.15, -0.1) is 0 Å². The van der Waals surface area contributed by atoms with E-state index in [0.717, 1.165) is 5.75 Å². The van der Waals surface area contributed by atoms with E-state index >= 15 is 0 Å². The fraction of sp³-hybridized carbons (Fsp3) is 0.333. The summed E-state index contributed by atoms with van der Waals surface area (Å²) in [5.74, 6) is 0.882. The Bertz CT molecular complexity index is 296. The summed E-state index contributed by atoms with van der Waals surface area (Å²) in [6.45, 7) is 1.99. The molecule has 3 N–H and O–H groups in total. The van der Waals surface area contributed by atoms with Gasteiger partial charge in [-0.2, -0.15) is 0 Å². The molecule has 1 rings (SSSR count). The Morgan fingerprint density at radius 2 is 2.55 bits per heavy atom. The summed E-state index contributed by atoms with van der Waals surface area (Å²) in [6, 6.07) is 0. The lowest BCUT2D eigenvalue weighted by molar-refractivity contribution is 0.942. The first-order valence-corrected chi connectivity index (χ1v) is 4.20. The summed E-state index contributed by atoms with van der Waals surface area (Å²) < 4.78 is 0. The van der Waals surface area contributed by atoms with Gasteiger partial charge < -0.3 is 5.73 Å². The summed E-state index contributed by atoms with van der Waals surface area (Å²) in [5, 5.41) is 0.617. The highest BCUT2D eigenvalue weighted by Crippen LogP contribution is 2.08. The maximum absolute atomic E-state index is 10.9. The van der Waals surface area contributed by atoms with Gasteiger partial charge in [-0.1, -0.05) is 18.7 Å². The second-order valence-electron chi connectivity index (χ2n) is 1.91. The Morgan fingerprint density at radius 3 is 3.09 bits per heavy atom. The van der Waals surface area contributed by atoms with Crippen LogP contribution >= 0.6 is 11.8 Å². The highest BCUT2D eigenvalue weighted by Gasteiger charge is 1.96. The molecule has 0 aromatic carbocycles. The lowest BCUT2D eigenvalue weighted by Gasteiger charge is -1.96. The lowest BCUT2D eigenvalue weighted by Crippen LogP contribution is -2.12. The molecule has 0 saturated carbocycles. The molecule has 0 radical (unpaired) electrons. The van der Waals surface area contributed by atoms with Gasteiger partial charge >= 0.3 is 0 Å². The zero-order valence-electron chi connectivity index (χ0n) is 6.13. The third kappa shape index (κ3) is 1.98. The predicted octanol–water partition coefficient (Wildman–Crippen LogP) is 0.464. The van der Waals surface area contributed by atoms with Crippen molar-refractivity contribution in [1.29, 1.82) is 0 Å². The van der Waals surface area contributed by atoms with Gasteiger partial charge in [0.15, 0.2) is 5.16 Å². The van der Waals surface area contributed by atoms with Crippen molar-refractivity contribution in [2.75, 3.05) is 11.5 Å². The first-order chi connectivity index (χ1) is 5.24. The highest BCUT2D eigenvalue weighted by atomic mass is 32.2. The fourth-order valence-electron chi connectivity index (χ4n) is 0.598. The molecule has 1 aromatic heterocycles. The number of nitrogens with two attached hydrogens (primary N) is 1. The van der Waals surface area contributed by atoms with E-state index in [0.29, 0.717) is 5.16 Å². The van der Waals surface area contributed by atoms with Crippen molar-refractivity contribution in [1.82, 2.24) is 9.97 Å². The van der Waals surface area contributed by atoms with Crippen LogP contribution in [-0.2, 0) is 0 Å². The molecule has 1 heterocycles. The first kappa shape index (κ1) is 8.13. The van der Waals surface area contributed by atoms with Crippen molar-refractivity contribution in [2.24, 2.45) is 0 Å². The standard InChI is InChI=1S/C6H9N3OS/c1-2-11-6-8-3-4(7)5(10)9-6/h3H,2,7H2,1H3,(H,8,9,10). The van der Waals surface area contributed by atoms with Crippen LogP contribution in [0.15, 0.2) is 16.1 Å². The van der Waals surface area contributed by atoms with Gasteiger partial charge in [0.2, 0.25) is 0 Å². The minimum absolute atomic E-state index is 0.158. The summed E-state index contributed by atoms with van der Waals surface area (Å²) in [6.07, 6.45) is 1.37. The van der Waals surface area contributed by atoms with Crippen molar-refractivity contribution >= 4 is 17.4 Å². The molecule has 0 unspecified atom stereocenters. The van der Waals surface area contributed by atoms with Crippen LogP contribution < -0.4 is 11.3 Å². The van der Waals surface area contributed by atoms with Crippen LogP contribution in [0.1, 0.15) is 6.92 Å². The molecule has 0 aliphatic carbocycles. The minimum atomic E-state index is -0.268. The lowest BCUT2D eigenvalue weighted by atomic mass is 10.6. The molecule has 5 heteroatoms. The number of nitrogens with zero attached hydrogens (tertiary/aromatic N) is 1. The third-order valence-corrected chi connectivity index (χ3v) is 1.85. The van der Waals surface area contributed by atoms with Gasteiger partial charge in [-0.05, 0) is 5.75 Å². The van der Waals surface area contributed by atoms with E-state index in [4.69, 9.17) is 5.73 Å². The van der Waals surface area contributed by atoms with Crippen molar-refractivity contribution in [2.45, 2.75) is 12.1 Å². The van der Waals surface area contributed by atoms with Crippen LogP contribution in [0, 0.1) is 0 Å². The molecule has 11 heavy (non-hydrogen) atoms. The Hall–Kier alpha value is -0.970. The normalized spacial score (nSPS) is 9.91. The fourth-order valence-corrected chi connectivity index (χ4v) is 1.16. The van der Waals surface area contributed by atoms with Crippen LogP contribution in [0.4, 0.5) is 5.69 Å². The SMILES string of the molecule is CCSc1ncc(N)c(=O)[nH]1. The summed E-state index contributed by atoms with van der Waals surface area (Å²) in [7, 11) is 0. The topological polar surface area (TPSA) is 71.8 Å². The van der Waals surface area contributed by atoms with Crippen LogP contribution in [0.5, 0.6) is 0 Å². The molecule has 0 saturated heterocycles. The Labute approximate surface area is 68.2 Å². The monoisotopic (exact) mass is 171 g/mol. The molecular weight excluding hydrogens is 162 g/mol. The number of aromatic nitrogens is 2. The molecule has 0 fully saturated rings. The number of hydrogen-bond donors (Lipinski definition) is 2. The number of nitrogen functional groups attached to an aromatic ring is 1. The maximum atomic E-state index is 10.9. The highest BCUT2D eigenvalue weighted by molar-refractivity contribution is 7.99. The number of hydrogen-bond acceptors (Lipinski definition) is 4. The average Bonchev–Trinajstić information content (AvgIpc) is 1.98. The number of nitrogens with one attached hydrogen (secondary N) is 1. The number of anilines is 1. The minimum Gasteiger partial charge on any atom is -0.393 e. The second kappa shape index (κ2) is 3.43. The van der Waals surface area contributed by atoms with Crippen molar-refractivity contribution in [3.63, 3.8) is 0 Å². The van der Waals surface area contributed by atoms with Crippen molar-refractivity contribution in [3.05, 3.63) is 16.6 Å². The third-order valence-electron chi connectivity index (χ3n) is 1.08. The zero-order chi connectivity index (χ0) is 8.27. The summed E-state index contributed by atoms with van der Waals surface area (Å²) >= 11 is 1.48. The Balaban J connectivity index is 2.96. The molecule has 60 valence electrons. The summed E-state index contributed by atoms with van der Waals surface area (Å²) in [4.78, 5) is 17.3. The number of thioether (sulfide) groups is 1. The Kier molecular flexibility index (Phi) is 2.53. The number of aromatic amines is 1. The summed E-state index contributed by atoms with van der Waals surface area (Å²) in [5.41, 5.74) is 5.16. The largest absolute Gasteiger partial charge is 0.393 e. The molecule has 4 nitrogen and oxygen atoms in total. The first-order valence-electron chi connectivity index (χ1n) is 3.21. The molecule has 0 aliphatic rings. The van der Waals surface area contributed by atoms with Crippen LogP contribution in [-0.4, -0.2) is 15.7 Å².